The van der Waals surface area contributed by atoms with E-state index in [4.69, 9.17) is 14.6 Å². The van der Waals surface area contributed by atoms with Crippen LogP contribution in [-0.2, 0) is 9.47 Å². The third kappa shape index (κ3) is 18.9. The fourth-order valence-corrected chi connectivity index (χ4v) is 8.58. The predicted molar refractivity (Wildman–Crippen MR) is 295 cm³/mol. The molecule has 0 radical (unpaired) electrons. The van der Waals surface area contributed by atoms with Crippen molar-refractivity contribution in [2.75, 3.05) is 47.4 Å². The number of carbonyl (C=O) groups is 3. The Morgan fingerprint density at radius 3 is 1.55 bits per heavy atom. The average Bonchev–Trinajstić information content (AvgIpc) is 4.11. The summed E-state index contributed by atoms with van der Waals surface area (Å²) in [6.45, 7) is 12.3. The predicted octanol–water partition coefficient (Wildman–Crippen LogP) is 4.97. The molecule has 1 amide bonds. The van der Waals surface area contributed by atoms with E-state index in [1.54, 1.807) is 59.3 Å². The van der Waals surface area contributed by atoms with Gasteiger partial charge in [0, 0.05) is 60.0 Å². The molecule has 10 rings (SSSR count). The van der Waals surface area contributed by atoms with Crippen LogP contribution >= 0.6 is 22.7 Å². The first-order valence-electron chi connectivity index (χ1n) is 24.6. The molecule has 8 N–H and O–H groups in total. The summed E-state index contributed by atoms with van der Waals surface area (Å²) in [4.78, 5) is 88.5. The van der Waals surface area contributed by atoms with Gasteiger partial charge in [-0.3, -0.25) is 10.6 Å². The van der Waals surface area contributed by atoms with Gasteiger partial charge in [-0.15, -0.1) is 22.7 Å². The number of esters is 1. The Morgan fingerprint density at radius 1 is 0.625 bits per heavy atom. The van der Waals surface area contributed by atoms with Crippen LogP contribution in [0.25, 0.3) is 23.0 Å². The molecule has 8 aromatic rings. The summed E-state index contributed by atoms with van der Waals surface area (Å²) in [7, 11) is 0. The van der Waals surface area contributed by atoms with Gasteiger partial charge in [-0.1, -0.05) is 12.1 Å². The van der Waals surface area contributed by atoms with E-state index in [1.807, 2.05) is 71.0 Å². The molecular weight excluding hydrogens is 1080 g/mol. The van der Waals surface area contributed by atoms with Crippen molar-refractivity contribution in [2.45, 2.75) is 78.1 Å². The van der Waals surface area contributed by atoms with Crippen molar-refractivity contribution in [3.05, 3.63) is 119 Å². The number of likely N-dealkylation sites (tertiary alicyclic amines) is 1. The molecule has 2 saturated heterocycles. The van der Waals surface area contributed by atoms with Crippen molar-refractivity contribution in [1.82, 2.24) is 70.0 Å². The summed E-state index contributed by atoms with van der Waals surface area (Å²) in [5.74, 6) is 2.26. The first kappa shape index (κ1) is 61.4. The zero-order chi connectivity index (χ0) is 55.0. The molecule has 2 aliphatic heterocycles. The van der Waals surface area contributed by atoms with Gasteiger partial charge in [0.15, 0.2) is 33.3 Å². The zero-order valence-electron chi connectivity index (χ0n) is 44.6. The molecule has 0 atom stereocenters. The molecule has 0 spiro atoms. The third-order valence-corrected chi connectivity index (χ3v) is 12.4. The van der Waals surface area contributed by atoms with E-state index < -0.39 is 17.5 Å². The molecule has 0 aliphatic carbocycles. The average molecular weight is 1140 g/mol. The van der Waals surface area contributed by atoms with Crippen LogP contribution in [0.2, 0.25) is 0 Å². The number of amides is 1. The molecular formula is C51H57N18NaO8S2. The Labute approximate surface area is 489 Å². The smallest absolute Gasteiger partial charge is 0.870 e. The van der Waals surface area contributed by atoms with Gasteiger partial charge in [-0.25, -0.2) is 64.2 Å². The number of aromatic carboxylic acids is 1. The number of rotatable bonds is 13. The minimum atomic E-state index is -1.09. The number of aliphatic hydroxyl groups excluding tert-OH is 1. The molecule has 26 nitrogen and oxygen atoms in total. The normalized spacial score (nSPS) is 13.3. The van der Waals surface area contributed by atoms with Crippen molar-refractivity contribution in [3.8, 4) is 23.0 Å². The van der Waals surface area contributed by atoms with Gasteiger partial charge in [0.25, 0.3) is 0 Å². The summed E-state index contributed by atoms with van der Waals surface area (Å²) in [6, 6.07) is 18.2. The Kier molecular flexibility index (Phi) is 22.6. The molecule has 10 heterocycles. The number of aryl methyl sites for hydroxylation is 2. The van der Waals surface area contributed by atoms with Crippen molar-refractivity contribution in [1.29, 1.82) is 0 Å². The van der Waals surface area contributed by atoms with Crippen LogP contribution in [0, 0.1) is 13.8 Å². The molecule has 29 heteroatoms. The maximum absolute atomic E-state index is 12.4. The molecule has 0 saturated carbocycles. The van der Waals surface area contributed by atoms with E-state index in [0.29, 0.717) is 88.5 Å². The summed E-state index contributed by atoms with van der Waals surface area (Å²) < 4.78 is 10.8. The fraction of sp³-hybridized carbons (Fsp3) is 0.314. The molecule has 0 aromatic carbocycles. The van der Waals surface area contributed by atoms with Crippen molar-refractivity contribution >= 4 is 86.1 Å². The second-order valence-electron chi connectivity index (χ2n) is 18.3. The summed E-state index contributed by atoms with van der Waals surface area (Å²) in [6.07, 6.45) is 8.80. The topological polar surface area (TPSA) is 358 Å². The number of pyridine rings is 2. The Bertz CT molecular complexity index is 3320. The van der Waals surface area contributed by atoms with Crippen LogP contribution in [0.3, 0.4) is 0 Å². The number of aromatic nitrogens is 12. The number of ether oxygens (including phenoxy) is 2. The van der Waals surface area contributed by atoms with Crippen LogP contribution in [0.15, 0.2) is 96.2 Å². The number of hydrogen-bond donors (Lipinski definition) is 7. The van der Waals surface area contributed by atoms with Gasteiger partial charge in [-0.05, 0) is 122 Å². The second-order valence-corrected chi connectivity index (χ2v) is 20.0. The van der Waals surface area contributed by atoms with E-state index in [0.717, 1.165) is 48.7 Å². The Morgan fingerprint density at radius 2 is 1.09 bits per heavy atom. The minimum Gasteiger partial charge on any atom is -0.870 e. The molecule has 8 aromatic heterocycles. The fourth-order valence-electron chi connectivity index (χ4n) is 7.22. The molecule has 2 fully saturated rings. The first-order valence-corrected chi connectivity index (χ1v) is 26.3. The van der Waals surface area contributed by atoms with Gasteiger partial charge in [-0.2, -0.15) is 9.97 Å². The number of piperidine rings is 2. The van der Waals surface area contributed by atoms with Gasteiger partial charge >= 0.3 is 47.6 Å². The van der Waals surface area contributed by atoms with Crippen molar-refractivity contribution < 1.29 is 69.1 Å². The summed E-state index contributed by atoms with van der Waals surface area (Å²) >= 11 is 2.43. The quantitative estimate of drug-likeness (QED) is 0.0591. The van der Waals surface area contributed by atoms with Crippen molar-refractivity contribution in [3.63, 3.8) is 0 Å². The van der Waals surface area contributed by atoms with Gasteiger partial charge < -0.3 is 46.0 Å². The van der Waals surface area contributed by atoms with E-state index in [-0.39, 0.29) is 70.7 Å². The molecule has 0 unspecified atom stereocenters. The Hall–Kier alpha value is -7.83. The monoisotopic (exact) mass is 1140 g/mol. The number of hydrogen-bond acceptors (Lipinski definition) is 26. The number of carboxylic acid groups (broad SMARTS) is 1. The van der Waals surface area contributed by atoms with E-state index in [1.165, 1.54) is 16.7 Å². The number of carboxylic acids is 1. The SMILES string of the molecule is CC(C)(C)OC(=O)N1CCC(O)CC1.Cc1cccc(-c2nccc(Nc3ccnc(Nc4nc(C(=O)O)cs4)n3)n2)n1.Cc1cccc(-c2nccc(Nc3ccnc(Nc4nc(C(=O)OC5CCNCC5)cs4)n3)n2)n1.[Na+].[OH-]. The minimum absolute atomic E-state index is 0. The van der Waals surface area contributed by atoms with E-state index >= 15 is 0 Å². The number of carbonyl (C=O) groups excluding carboxylic acids is 2. The first-order chi connectivity index (χ1) is 37.6. The van der Waals surface area contributed by atoms with Gasteiger partial charge in [0.2, 0.25) is 11.9 Å². The second kappa shape index (κ2) is 29.4. The molecule has 80 heavy (non-hydrogen) atoms. The van der Waals surface area contributed by atoms with Gasteiger partial charge in [0.1, 0.15) is 46.4 Å². The van der Waals surface area contributed by atoms with Crippen LogP contribution in [-0.4, -0.2) is 142 Å². The maximum Gasteiger partial charge on any atom is 1.00 e. The third-order valence-electron chi connectivity index (χ3n) is 10.9. The van der Waals surface area contributed by atoms with E-state index in [9.17, 15) is 19.5 Å². The van der Waals surface area contributed by atoms with Crippen LogP contribution in [0.4, 0.5) is 50.2 Å². The maximum atomic E-state index is 12.4. The van der Waals surface area contributed by atoms with Gasteiger partial charge in [0.05, 0.1) is 6.10 Å². The zero-order valence-corrected chi connectivity index (χ0v) is 48.2. The molecule has 2 aliphatic rings. The number of nitrogens with zero attached hydrogens (tertiary/aromatic N) is 13. The summed E-state index contributed by atoms with van der Waals surface area (Å²) in [5.41, 5.74) is 2.93. The number of anilines is 8. The number of thiazole rings is 2. The number of aliphatic hydroxyl groups is 1. The largest absolute Gasteiger partial charge is 1.00 e. The molecule has 412 valence electrons. The number of nitrogens with one attached hydrogen (secondary N) is 5. The van der Waals surface area contributed by atoms with Crippen LogP contribution in [0.1, 0.15) is 78.8 Å². The Balaban J connectivity index is 0.000000207. The summed E-state index contributed by atoms with van der Waals surface area (Å²) in [5, 5.41) is 37.6. The van der Waals surface area contributed by atoms with E-state index in [2.05, 4.69) is 86.4 Å². The molecule has 0 bridgehead atoms. The standard InChI is InChI=1S/C23H23N9O2S.C18H14N8O2S.C10H19NO3.Na.H2O/c1-14-3-2-4-16(27-14)20-25-11-7-18(30-20)29-19-8-12-26-22(31-19)32-23-28-17(13-35-23)21(33)34-15-5-9-24-10-6-15;1-10-3-2-4-11(21-10)15-19-7-5-13(24-15)23-14-6-8-20-17(25-14)26-18-22-12(9-29-18)16(27)28;1-10(2,3)14-9(13)11-6-4-8(12)5-7-11;;/h2-4,7-8,11-13,15,24H,5-6,9-10H2,1H3,(H2,25,26,28,29,30,31,32);2-9H,1H3,(H,27,28)(H2,19,20,22,23,24,25,26);8,12H,4-7H2,1-3H3;;1H2/q;;;+1;/p-1. The van der Waals surface area contributed by atoms with Crippen LogP contribution in [0.5, 0.6) is 0 Å². The van der Waals surface area contributed by atoms with Crippen molar-refractivity contribution in [2.24, 2.45) is 0 Å². The van der Waals surface area contributed by atoms with Crippen LogP contribution < -0.4 is 56.1 Å².